The van der Waals surface area contributed by atoms with Crippen LogP contribution < -0.4 is 0 Å². The largest absolute Gasteiger partial charge is 0.0651 e. The van der Waals surface area contributed by atoms with Crippen molar-refractivity contribution < 1.29 is 0 Å². The van der Waals surface area contributed by atoms with Crippen molar-refractivity contribution in [3.63, 3.8) is 0 Å². The van der Waals surface area contributed by atoms with Gasteiger partial charge >= 0.3 is 0 Å². The molecule has 0 aliphatic heterocycles. The number of hydrogen-bond acceptors (Lipinski definition) is 0. The molecule has 240 valence electrons. The molecule has 4 unspecified atom stereocenters. The third-order valence-electron chi connectivity index (χ3n) is 13.0. The minimum atomic E-state index is 0.0643. The summed E-state index contributed by atoms with van der Waals surface area (Å²) in [5.74, 6) is 2.73. The highest BCUT2D eigenvalue weighted by Gasteiger charge is 2.53. The molecule has 0 N–H and O–H groups in total. The molecular formula is C48H48. The van der Waals surface area contributed by atoms with Crippen molar-refractivity contribution in [1.29, 1.82) is 0 Å². The lowest BCUT2D eigenvalue weighted by molar-refractivity contribution is 0.114. The Kier molecular flexibility index (Phi) is 7.34. The van der Waals surface area contributed by atoms with Gasteiger partial charge in [-0.1, -0.05) is 156 Å². The highest BCUT2D eigenvalue weighted by molar-refractivity contribution is 6.21. The number of fused-ring (bicyclic) bond motifs is 7. The summed E-state index contributed by atoms with van der Waals surface area (Å²) in [4.78, 5) is 0. The van der Waals surface area contributed by atoms with Gasteiger partial charge in [0.2, 0.25) is 0 Å². The third-order valence-corrected chi connectivity index (χ3v) is 13.0. The molecule has 3 aliphatic rings. The summed E-state index contributed by atoms with van der Waals surface area (Å²) in [7, 11) is 0. The Morgan fingerprint density at radius 2 is 1.12 bits per heavy atom. The van der Waals surface area contributed by atoms with Gasteiger partial charge in [0.1, 0.15) is 0 Å². The van der Waals surface area contributed by atoms with E-state index >= 15 is 0 Å². The Bertz CT molecular complexity index is 2090. The zero-order valence-electron chi connectivity index (χ0n) is 28.9. The Morgan fingerprint density at radius 1 is 0.562 bits per heavy atom. The van der Waals surface area contributed by atoms with Gasteiger partial charge in [0.25, 0.3) is 0 Å². The van der Waals surface area contributed by atoms with Gasteiger partial charge in [0.15, 0.2) is 0 Å². The summed E-state index contributed by atoms with van der Waals surface area (Å²) in [6, 6.07) is 45.0. The van der Waals surface area contributed by atoms with Crippen molar-refractivity contribution in [3.8, 4) is 33.4 Å². The van der Waals surface area contributed by atoms with E-state index in [2.05, 4.69) is 136 Å². The van der Waals surface area contributed by atoms with Crippen molar-refractivity contribution in [2.75, 3.05) is 0 Å². The predicted octanol–water partition coefficient (Wildman–Crippen LogP) is 13.7. The molecule has 0 bridgehead atoms. The molecule has 0 aromatic heterocycles. The molecule has 1 spiro atoms. The Labute approximate surface area is 287 Å². The van der Waals surface area contributed by atoms with Crippen LogP contribution in [0.2, 0.25) is 0 Å². The molecule has 0 saturated heterocycles. The molecule has 0 heteroatoms. The maximum atomic E-state index is 2.64. The second kappa shape index (κ2) is 11.8. The molecular weight excluding hydrogens is 577 g/mol. The Morgan fingerprint density at radius 3 is 1.77 bits per heavy atom. The van der Waals surface area contributed by atoms with Crippen LogP contribution in [0.3, 0.4) is 0 Å². The van der Waals surface area contributed by atoms with E-state index in [0.717, 1.165) is 11.8 Å². The molecule has 0 amide bonds. The molecule has 9 rings (SSSR count). The smallest absolute Gasteiger partial charge is 0.0269 e. The van der Waals surface area contributed by atoms with E-state index in [9.17, 15) is 0 Å². The van der Waals surface area contributed by atoms with Crippen LogP contribution in [-0.2, 0) is 5.41 Å². The predicted molar refractivity (Wildman–Crippen MR) is 206 cm³/mol. The first-order chi connectivity index (χ1) is 23.6. The van der Waals surface area contributed by atoms with E-state index in [0.29, 0.717) is 11.8 Å². The van der Waals surface area contributed by atoms with Crippen LogP contribution in [-0.4, -0.2) is 0 Å². The Hall–Kier alpha value is -4.16. The summed E-state index contributed by atoms with van der Waals surface area (Å²) in [6.07, 6.45) is 10.6. The zero-order chi connectivity index (χ0) is 32.4. The van der Waals surface area contributed by atoms with Crippen molar-refractivity contribution in [1.82, 2.24) is 0 Å². The van der Waals surface area contributed by atoms with Crippen molar-refractivity contribution in [2.24, 2.45) is 17.8 Å². The maximum Gasteiger partial charge on any atom is 0.0269 e. The van der Waals surface area contributed by atoms with E-state index < -0.39 is 0 Å². The summed E-state index contributed by atoms with van der Waals surface area (Å²) < 4.78 is 0. The average molecular weight is 625 g/mol. The van der Waals surface area contributed by atoms with Gasteiger partial charge in [-0.2, -0.15) is 0 Å². The fraction of sp³-hybridized carbons (Fsp3) is 0.333. The molecule has 6 aromatic carbocycles. The topological polar surface area (TPSA) is 0 Å². The highest BCUT2D eigenvalue weighted by atomic mass is 14.6. The fourth-order valence-corrected chi connectivity index (χ4v) is 11.0. The van der Waals surface area contributed by atoms with Gasteiger partial charge in [0.05, 0.1) is 0 Å². The van der Waals surface area contributed by atoms with Gasteiger partial charge in [-0.15, -0.1) is 0 Å². The molecule has 2 saturated carbocycles. The fourth-order valence-electron chi connectivity index (χ4n) is 11.0. The molecule has 0 radical (unpaired) electrons. The van der Waals surface area contributed by atoms with Crippen LogP contribution in [0.15, 0.2) is 115 Å². The average Bonchev–Trinajstić information content (AvgIpc) is 3.43. The molecule has 3 aliphatic carbocycles. The minimum Gasteiger partial charge on any atom is -0.0651 e. The van der Waals surface area contributed by atoms with Gasteiger partial charge in [-0.25, -0.2) is 0 Å². The molecule has 0 nitrogen and oxygen atoms in total. The van der Waals surface area contributed by atoms with Crippen molar-refractivity contribution in [3.05, 3.63) is 132 Å². The van der Waals surface area contributed by atoms with Crippen LogP contribution in [0.25, 0.3) is 54.9 Å². The first kappa shape index (κ1) is 29.9. The summed E-state index contributed by atoms with van der Waals surface area (Å²) in [6.45, 7) is 7.46. The van der Waals surface area contributed by atoms with Gasteiger partial charge in [-0.3, -0.25) is 0 Å². The maximum absolute atomic E-state index is 2.64. The molecule has 48 heavy (non-hydrogen) atoms. The minimum absolute atomic E-state index is 0.0643. The van der Waals surface area contributed by atoms with E-state index in [1.54, 1.807) is 11.1 Å². The lowest BCUT2D eigenvalue weighted by Gasteiger charge is -2.50. The monoisotopic (exact) mass is 624 g/mol. The number of hydrogen-bond donors (Lipinski definition) is 0. The number of benzene rings is 6. The first-order valence-corrected chi connectivity index (χ1v) is 18.9. The first-order valence-electron chi connectivity index (χ1n) is 18.9. The van der Waals surface area contributed by atoms with Gasteiger partial charge in [-0.05, 0) is 127 Å². The molecule has 0 heterocycles. The molecule has 6 aromatic rings. The second-order valence-electron chi connectivity index (χ2n) is 15.6. The van der Waals surface area contributed by atoms with Crippen LogP contribution in [0, 0.1) is 17.8 Å². The lowest BCUT2D eigenvalue weighted by Crippen LogP contribution is -2.45. The van der Waals surface area contributed by atoms with Crippen LogP contribution in [0.1, 0.15) is 94.7 Å². The summed E-state index contributed by atoms with van der Waals surface area (Å²) in [5, 5.41) is 5.40. The SMILES string of the molecule is CCC1CC(C)CC(C)C12c1ccccc1-c1ccc(-c3c4ccccc4c(-c4ccc(C5CCCCC5)cc4)c4ccccc34)cc12. The normalized spacial score (nSPS) is 23.9. The van der Waals surface area contributed by atoms with E-state index in [4.69, 9.17) is 0 Å². The summed E-state index contributed by atoms with van der Waals surface area (Å²) in [5.41, 5.74) is 13.1. The van der Waals surface area contributed by atoms with Crippen molar-refractivity contribution in [2.45, 2.75) is 83.5 Å². The second-order valence-corrected chi connectivity index (χ2v) is 15.6. The standard InChI is InChI=1S/C48H48/c1-4-37-29-31(2)28-32(3)48(37)44-21-13-12-16-38(44)39-27-26-36(30-45(39)48)47-42-19-10-8-17-40(42)46(41-18-9-11-20-43(41)47)35-24-22-34(23-25-35)33-14-6-5-7-15-33/h8-13,16-27,30-33,37H,4-7,14-15,28-29H2,1-3H3. The zero-order valence-corrected chi connectivity index (χ0v) is 28.9. The van der Waals surface area contributed by atoms with Gasteiger partial charge in [0, 0.05) is 5.41 Å². The van der Waals surface area contributed by atoms with E-state index in [1.807, 2.05) is 0 Å². The summed E-state index contributed by atoms with van der Waals surface area (Å²) >= 11 is 0. The van der Waals surface area contributed by atoms with Gasteiger partial charge < -0.3 is 0 Å². The van der Waals surface area contributed by atoms with Crippen LogP contribution in [0.5, 0.6) is 0 Å². The highest BCUT2D eigenvalue weighted by Crippen LogP contribution is 2.62. The molecule has 2 fully saturated rings. The Balaban J connectivity index is 1.26. The third kappa shape index (κ3) is 4.41. The van der Waals surface area contributed by atoms with E-state index in [1.165, 1.54) is 112 Å². The quantitative estimate of drug-likeness (QED) is 0.171. The van der Waals surface area contributed by atoms with Crippen LogP contribution >= 0.6 is 0 Å². The van der Waals surface area contributed by atoms with E-state index in [-0.39, 0.29) is 5.41 Å². The van der Waals surface area contributed by atoms with Crippen LogP contribution in [0.4, 0.5) is 0 Å². The lowest BCUT2D eigenvalue weighted by atomic mass is 9.53. The molecule has 4 atom stereocenters. The van der Waals surface area contributed by atoms with Crippen molar-refractivity contribution >= 4 is 21.5 Å². The number of rotatable bonds is 4.